The second-order valence-corrected chi connectivity index (χ2v) is 5.86. The highest BCUT2D eigenvalue weighted by Crippen LogP contribution is 2.28. The van der Waals surface area contributed by atoms with E-state index >= 15 is 0 Å². The summed E-state index contributed by atoms with van der Waals surface area (Å²) in [5, 5.41) is 14.8. The highest BCUT2D eigenvalue weighted by atomic mass is 16.4. The van der Waals surface area contributed by atoms with Crippen molar-refractivity contribution in [3.8, 4) is 0 Å². The molecule has 132 valence electrons. The predicted molar refractivity (Wildman–Crippen MR) is 101 cm³/mol. The van der Waals surface area contributed by atoms with E-state index in [-0.39, 0.29) is 11.5 Å². The molecule has 0 atom stereocenters. The Bertz CT molecular complexity index is 1050. The van der Waals surface area contributed by atoms with E-state index < -0.39 is 5.97 Å². The van der Waals surface area contributed by atoms with Crippen molar-refractivity contribution < 1.29 is 19.1 Å². The van der Waals surface area contributed by atoms with E-state index in [1.54, 1.807) is 30.3 Å². The van der Waals surface area contributed by atoms with Crippen LogP contribution in [0, 0.1) is 0 Å². The number of amides is 1. The quantitative estimate of drug-likeness (QED) is 0.719. The van der Waals surface area contributed by atoms with Gasteiger partial charge >= 0.3 is 5.97 Å². The van der Waals surface area contributed by atoms with Crippen molar-refractivity contribution in [2.75, 3.05) is 5.01 Å². The molecule has 0 aliphatic carbocycles. The number of carboxylic acid groups (broad SMARTS) is 1. The fourth-order valence-corrected chi connectivity index (χ4v) is 2.79. The lowest BCUT2D eigenvalue weighted by atomic mass is 10.0. The van der Waals surface area contributed by atoms with E-state index in [2.05, 4.69) is 5.10 Å². The summed E-state index contributed by atoms with van der Waals surface area (Å²) in [6, 6.07) is 18.9. The molecule has 0 fully saturated rings. The molecule has 1 N–H and O–H groups in total. The van der Waals surface area contributed by atoms with Gasteiger partial charge in [0, 0.05) is 5.56 Å². The molecule has 6 nitrogen and oxygen atoms in total. The van der Waals surface area contributed by atoms with Crippen molar-refractivity contribution in [1.82, 2.24) is 0 Å². The maximum atomic E-state index is 13.0. The van der Waals surface area contributed by atoms with E-state index in [9.17, 15) is 9.59 Å². The SMILES string of the molecule is O=C(O)c1ccc(N2N=C(c3ccccc3)/C(=C\c3ccco3)C2=O)cc1. The summed E-state index contributed by atoms with van der Waals surface area (Å²) >= 11 is 0. The predicted octanol–water partition coefficient (Wildman–Crippen LogP) is 3.81. The molecule has 6 heteroatoms. The number of rotatable bonds is 4. The molecule has 0 bridgehead atoms. The van der Waals surface area contributed by atoms with E-state index in [1.807, 2.05) is 30.3 Å². The second-order valence-electron chi connectivity index (χ2n) is 5.86. The normalized spacial score (nSPS) is 15.3. The molecule has 2 aromatic carbocycles. The fraction of sp³-hybridized carbons (Fsp3) is 0. The number of aromatic carboxylic acids is 1. The van der Waals surface area contributed by atoms with Gasteiger partial charge in [-0.1, -0.05) is 30.3 Å². The fourth-order valence-electron chi connectivity index (χ4n) is 2.79. The summed E-state index contributed by atoms with van der Waals surface area (Å²) in [5.41, 5.74) is 2.36. The molecule has 0 saturated carbocycles. The summed E-state index contributed by atoms with van der Waals surface area (Å²) in [5.74, 6) is -0.792. The number of benzene rings is 2. The van der Waals surface area contributed by atoms with Crippen LogP contribution in [-0.4, -0.2) is 22.7 Å². The lowest BCUT2D eigenvalue weighted by Gasteiger charge is -2.11. The standard InChI is InChI=1S/C21H14N2O4/c24-20-18(13-17-7-4-12-27-17)19(14-5-2-1-3-6-14)22-23(20)16-10-8-15(9-11-16)21(25)26/h1-13H,(H,25,26)/b18-13+. The van der Waals surface area contributed by atoms with E-state index in [4.69, 9.17) is 9.52 Å². The number of carbonyl (C=O) groups excluding carboxylic acids is 1. The summed E-state index contributed by atoms with van der Waals surface area (Å²) in [7, 11) is 0. The molecular weight excluding hydrogens is 344 g/mol. The summed E-state index contributed by atoms with van der Waals surface area (Å²) in [6.07, 6.45) is 3.19. The molecule has 1 amide bonds. The molecule has 1 aromatic heterocycles. The van der Waals surface area contributed by atoms with Crippen LogP contribution in [0.4, 0.5) is 5.69 Å². The number of hydrazone groups is 1. The Morgan fingerprint density at radius 1 is 1.00 bits per heavy atom. The Kier molecular flexibility index (Phi) is 4.14. The topological polar surface area (TPSA) is 83.1 Å². The minimum atomic E-state index is -1.03. The third-order valence-corrected chi connectivity index (χ3v) is 4.11. The molecule has 27 heavy (non-hydrogen) atoms. The lowest BCUT2D eigenvalue weighted by Crippen LogP contribution is -2.21. The molecule has 0 unspecified atom stereocenters. The van der Waals surface area contributed by atoms with Crippen molar-refractivity contribution in [1.29, 1.82) is 0 Å². The van der Waals surface area contributed by atoms with Gasteiger partial charge in [-0.3, -0.25) is 4.79 Å². The van der Waals surface area contributed by atoms with Gasteiger partial charge in [0.1, 0.15) is 11.5 Å². The van der Waals surface area contributed by atoms with Crippen LogP contribution in [0.2, 0.25) is 0 Å². The minimum absolute atomic E-state index is 0.143. The molecule has 1 aliphatic heterocycles. The maximum absolute atomic E-state index is 13.0. The number of carboxylic acids is 1. The largest absolute Gasteiger partial charge is 0.478 e. The van der Waals surface area contributed by atoms with Gasteiger partial charge in [0.05, 0.1) is 23.1 Å². The molecule has 3 aromatic rings. The van der Waals surface area contributed by atoms with Crippen molar-refractivity contribution in [2.45, 2.75) is 0 Å². The van der Waals surface area contributed by atoms with Crippen molar-refractivity contribution in [3.63, 3.8) is 0 Å². The zero-order chi connectivity index (χ0) is 18.8. The highest BCUT2D eigenvalue weighted by molar-refractivity contribution is 6.37. The van der Waals surface area contributed by atoms with Crippen LogP contribution in [0.15, 0.2) is 88.1 Å². The Morgan fingerprint density at radius 2 is 1.74 bits per heavy atom. The third kappa shape index (κ3) is 3.16. The molecule has 4 rings (SSSR count). The number of hydrogen-bond donors (Lipinski definition) is 1. The van der Waals surface area contributed by atoms with Gasteiger partial charge < -0.3 is 9.52 Å². The Hall–Kier alpha value is -3.93. The Morgan fingerprint density at radius 3 is 2.37 bits per heavy atom. The van der Waals surface area contributed by atoms with E-state index in [0.29, 0.717) is 22.7 Å². The van der Waals surface area contributed by atoms with E-state index in [1.165, 1.54) is 23.4 Å². The van der Waals surface area contributed by atoms with Crippen LogP contribution in [0.25, 0.3) is 6.08 Å². The average Bonchev–Trinajstić information content (AvgIpc) is 3.32. The van der Waals surface area contributed by atoms with E-state index in [0.717, 1.165) is 5.56 Å². The molecule has 0 spiro atoms. The van der Waals surface area contributed by atoms with Crippen LogP contribution >= 0.6 is 0 Å². The molecule has 2 heterocycles. The minimum Gasteiger partial charge on any atom is -0.478 e. The average molecular weight is 358 g/mol. The first-order chi connectivity index (χ1) is 13.1. The lowest BCUT2D eigenvalue weighted by molar-refractivity contribution is -0.114. The Labute approximate surface area is 154 Å². The van der Waals surface area contributed by atoms with Gasteiger partial charge in [-0.15, -0.1) is 0 Å². The summed E-state index contributed by atoms with van der Waals surface area (Å²) in [6.45, 7) is 0. The zero-order valence-electron chi connectivity index (χ0n) is 14.1. The van der Waals surface area contributed by atoms with Crippen LogP contribution < -0.4 is 5.01 Å². The number of nitrogens with zero attached hydrogens (tertiary/aromatic N) is 2. The zero-order valence-corrected chi connectivity index (χ0v) is 14.1. The molecule has 1 aliphatic rings. The number of furan rings is 1. The van der Waals surface area contributed by atoms with Crippen LogP contribution in [-0.2, 0) is 4.79 Å². The van der Waals surface area contributed by atoms with Gasteiger partial charge in [0.2, 0.25) is 0 Å². The Balaban J connectivity index is 1.78. The van der Waals surface area contributed by atoms with Gasteiger partial charge in [0.25, 0.3) is 5.91 Å². The van der Waals surface area contributed by atoms with Crippen LogP contribution in [0.5, 0.6) is 0 Å². The first-order valence-corrected chi connectivity index (χ1v) is 8.21. The number of carbonyl (C=O) groups is 2. The molecule has 0 saturated heterocycles. The third-order valence-electron chi connectivity index (χ3n) is 4.11. The second kappa shape index (κ2) is 6.76. The van der Waals surface area contributed by atoms with Crippen LogP contribution in [0.1, 0.15) is 21.7 Å². The van der Waals surface area contributed by atoms with Gasteiger partial charge in [-0.05, 0) is 42.5 Å². The number of anilines is 1. The summed E-state index contributed by atoms with van der Waals surface area (Å²) in [4.78, 5) is 24.1. The van der Waals surface area contributed by atoms with Crippen molar-refractivity contribution in [2.24, 2.45) is 5.10 Å². The molecule has 0 radical (unpaired) electrons. The van der Waals surface area contributed by atoms with Gasteiger partial charge in [0.15, 0.2) is 0 Å². The first kappa shape index (κ1) is 16.5. The highest BCUT2D eigenvalue weighted by Gasteiger charge is 2.32. The van der Waals surface area contributed by atoms with Crippen molar-refractivity contribution >= 4 is 29.4 Å². The van der Waals surface area contributed by atoms with Crippen molar-refractivity contribution in [3.05, 3.63) is 95.5 Å². The van der Waals surface area contributed by atoms with Gasteiger partial charge in [-0.25, -0.2) is 4.79 Å². The molecular formula is C21H14N2O4. The summed E-state index contributed by atoms with van der Waals surface area (Å²) < 4.78 is 5.34. The smallest absolute Gasteiger partial charge is 0.335 e. The van der Waals surface area contributed by atoms with Crippen LogP contribution in [0.3, 0.4) is 0 Å². The number of hydrogen-bond acceptors (Lipinski definition) is 4. The monoisotopic (exact) mass is 358 g/mol. The maximum Gasteiger partial charge on any atom is 0.335 e. The first-order valence-electron chi connectivity index (χ1n) is 8.21. The van der Waals surface area contributed by atoms with Gasteiger partial charge in [-0.2, -0.15) is 10.1 Å².